The smallest absolute Gasteiger partial charge is 0.253 e. The zero-order chi connectivity index (χ0) is 20.2. The van der Waals surface area contributed by atoms with Crippen LogP contribution in [0.5, 0.6) is 0 Å². The Morgan fingerprint density at radius 3 is 2.41 bits per heavy atom. The molecular weight excluding hydrogens is 392 g/mol. The van der Waals surface area contributed by atoms with Crippen LogP contribution in [0.2, 0.25) is 0 Å². The molecule has 0 bridgehead atoms. The zero-order valence-electron chi connectivity index (χ0n) is 17.3. The van der Waals surface area contributed by atoms with Crippen molar-refractivity contribution in [3.8, 4) is 0 Å². The zero-order valence-corrected chi connectivity index (χ0v) is 18.0. The van der Waals surface area contributed by atoms with Crippen LogP contribution in [0.1, 0.15) is 57.8 Å². The van der Waals surface area contributed by atoms with Crippen molar-refractivity contribution in [3.63, 3.8) is 0 Å². The average Bonchev–Trinajstić information content (AvgIpc) is 2.74. The average molecular weight is 427 g/mol. The van der Waals surface area contributed by atoms with E-state index < -0.39 is 5.38 Å². The van der Waals surface area contributed by atoms with Gasteiger partial charge in [-0.15, -0.1) is 11.6 Å². The fourth-order valence-electron chi connectivity index (χ4n) is 5.34. The van der Waals surface area contributed by atoms with Crippen molar-refractivity contribution in [2.75, 3.05) is 32.7 Å². The molecule has 2 heterocycles. The molecule has 2 aliphatic heterocycles. The lowest BCUT2D eigenvalue weighted by molar-refractivity contribution is -0.139. The maximum Gasteiger partial charge on any atom is 0.253 e. The molecule has 7 nitrogen and oxygen atoms in total. The van der Waals surface area contributed by atoms with E-state index in [0.29, 0.717) is 31.2 Å². The Balaban J connectivity index is 1.19. The number of amides is 2. The predicted octanol–water partition coefficient (Wildman–Crippen LogP) is 1.65. The van der Waals surface area contributed by atoms with Gasteiger partial charge in [-0.25, -0.2) is 5.43 Å². The third-order valence-corrected chi connectivity index (χ3v) is 7.63. The molecular formula is C21H35ClN4O3. The number of hydrazine groups is 1. The van der Waals surface area contributed by atoms with Gasteiger partial charge in [0.2, 0.25) is 5.91 Å². The summed E-state index contributed by atoms with van der Waals surface area (Å²) in [7, 11) is 0. The van der Waals surface area contributed by atoms with Gasteiger partial charge in [0.1, 0.15) is 5.38 Å². The molecule has 2 N–H and O–H groups in total. The van der Waals surface area contributed by atoms with Gasteiger partial charge in [-0.3, -0.25) is 19.9 Å². The van der Waals surface area contributed by atoms with Crippen molar-refractivity contribution in [2.24, 2.45) is 5.92 Å². The van der Waals surface area contributed by atoms with Crippen molar-refractivity contribution in [3.05, 3.63) is 0 Å². The highest BCUT2D eigenvalue weighted by atomic mass is 35.5. The molecule has 2 aliphatic carbocycles. The number of alkyl halides is 1. The molecule has 2 saturated heterocycles. The van der Waals surface area contributed by atoms with Gasteiger partial charge in [-0.2, -0.15) is 0 Å². The Bertz CT molecular complexity index is 578. The lowest BCUT2D eigenvalue weighted by atomic mass is 9.86. The summed E-state index contributed by atoms with van der Waals surface area (Å²) in [4.78, 5) is 28.6. The van der Waals surface area contributed by atoms with Gasteiger partial charge < -0.3 is 9.64 Å². The van der Waals surface area contributed by atoms with E-state index in [0.717, 1.165) is 45.3 Å². The Morgan fingerprint density at radius 2 is 1.69 bits per heavy atom. The van der Waals surface area contributed by atoms with E-state index in [2.05, 4.69) is 15.8 Å². The molecule has 4 aliphatic rings. The van der Waals surface area contributed by atoms with E-state index in [1.54, 1.807) is 0 Å². The Morgan fingerprint density at radius 1 is 0.966 bits per heavy atom. The number of halogens is 1. The molecule has 0 aromatic rings. The van der Waals surface area contributed by atoms with Gasteiger partial charge in [0.05, 0.1) is 18.8 Å². The first-order valence-electron chi connectivity index (χ1n) is 11.4. The molecule has 4 fully saturated rings. The first-order valence-corrected chi connectivity index (χ1v) is 11.9. The fraction of sp³-hybridized carbons (Fsp3) is 0.905. The van der Waals surface area contributed by atoms with Gasteiger partial charge in [0, 0.05) is 32.2 Å². The van der Waals surface area contributed by atoms with Crippen molar-refractivity contribution < 1.29 is 14.3 Å². The molecule has 2 atom stereocenters. The highest BCUT2D eigenvalue weighted by Gasteiger charge is 2.38. The van der Waals surface area contributed by atoms with Crippen molar-refractivity contribution in [2.45, 2.75) is 81.4 Å². The minimum Gasteiger partial charge on any atom is -0.375 e. The normalized spacial score (nSPS) is 35.6. The molecule has 8 heteroatoms. The van der Waals surface area contributed by atoms with Crippen LogP contribution in [0.15, 0.2) is 0 Å². The summed E-state index contributed by atoms with van der Waals surface area (Å²) in [5, 5.41) is -0.616. The predicted molar refractivity (Wildman–Crippen MR) is 111 cm³/mol. The summed E-state index contributed by atoms with van der Waals surface area (Å²) in [5.41, 5.74) is 5.43. The number of hydrogen-bond donors (Lipinski definition) is 2. The van der Waals surface area contributed by atoms with Crippen LogP contribution in [0.25, 0.3) is 0 Å². The fourth-order valence-corrected chi connectivity index (χ4v) is 5.65. The summed E-state index contributed by atoms with van der Waals surface area (Å²) < 4.78 is 6.35. The molecule has 0 aromatic carbocycles. The minimum atomic E-state index is -0.616. The monoisotopic (exact) mass is 426 g/mol. The highest BCUT2D eigenvalue weighted by Crippen LogP contribution is 2.31. The van der Waals surface area contributed by atoms with E-state index >= 15 is 0 Å². The third-order valence-electron chi connectivity index (χ3n) is 7.14. The molecule has 0 spiro atoms. The summed E-state index contributed by atoms with van der Waals surface area (Å²) in [5.74, 6) is 0.524. The van der Waals surface area contributed by atoms with Gasteiger partial charge >= 0.3 is 0 Å². The SMILES string of the molecule is O=C1NNCC(N2CCN(CC3CCC(OC4CCCCC4)CC3)C(=O)C2)C1Cl. The molecule has 29 heavy (non-hydrogen) atoms. The maximum absolute atomic E-state index is 12.7. The standard InChI is InChI=1S/C21H35ClN4O3/c22-20-18(12-23-24-21(20)28)25-10-11-26(19(27)14-25)13-15-6-8-17(9-7-15)29-16-4-2-1-3-5-16/h15-18,20,23H,1-14H2,(H,24,28). The quantitative estimate of drug-likeness (QED) is 0.654. The molecule has 2 unspecified atom stereocenters. The van der Waals surface area contributed by atoms with E-state index in [9.17, 15) is 9.59 Å². The number of ether oxygens (including phenoxy) is 1. The first kappa shape index (κ1) is 21.3. The van der Waals surface area contributed by atoms with Crippen molar-refractivity contribution >= 4 is 23.4 Å². The van der Waals surface area contributed by atoms with E-state index in [1.165, 1.54) is 32.1 Å². The van der Waals surface area contributed by atoms with Crippen LogP contribution in [0.3, 0.4) is 0 Å². The van der Waals surface area contributed by atoms with Gasteiger partial charge in [-0.05, 0) is 44.4 Å². The van der Waals surface area contributed by atoms with Crippen molar-refractivity contribution in [1.82, 2.24) is 20.7 Å². The van der Waals surface area contributed by atoms with Crippen LogP contribution in [-0.4, -0.2) is 78.0 Å². The topological polar surface area (TPSA) is 73.9 Å². The maximum atomic E-state index is 12.7. The van der Waals surface area contributed by atoms with Gasteiger partial charge in [0.25, 0.3) is 5.91 Å². The van der Waals surface area contributed by atoms with Gasteiger partial charge in [-0.1, -0.05) is 19.3 Å². The number of nitrogens with zero attached hydrogens (tertiary/aromatic N) is 2. The summed E-state index contributed by atoms with van der Waals surface area (Å²) >= 11 is 6.26. The van der Waals surface area contributed by atoms with Crippen LogP contribution in [-0.2, 0) is 14.3 Å². The van der Waals surface area contributed by atoms with E-state index in [-0.39, 0.29) is 17.9 Å². The molecule has 0 radical (unpaired) electrons. The van der Waals surface area contributed by atoms with E-state index in [4.69, 9.17) is 16.3 Å². The van der Waals surface area contributed by atoms with Crippen LogP contribution in [0.4, 0.5) is 0 Å². The number of nitrogens with one attached hydrogen (secondary N) is 2. The van der Waals surface area contributed by atoms with Crippen LogP contribution < -0.4 is 10.9 Å². The second kappa shape index (κ2) is 9.94. The van der Waals surface area contributed by atoms with Crippen LogP contribution in [0, 0.1) is 5.92 Å². The third kappa shape index (κ3) is 5.43. The molecule has 2 amide bonds. The number of hydrogen-bond acceptors (Lipinski definition) is 5. The molecule has 0 aromatic heterocycles. The number of carbonyl (C=O) groups is 2. The molecule has 164 valence electrons. The van der Waals surface area contributed by atoms with Gasteiger partial charge in [0.15, 0.2) is 0 Å². The Hall–Kier alpha value is -0.890. The lowest BCUT2D eigenvalue weighted by Gasteiger charge is -2.43. The minimum absolute atomic E-state index is 0.135. The second-order valence-electron chi connectivity index (χ2n) is 9.19. The Labute approximate surface area is 178 Å². The largest absolute Gasteiger partial charge is 0.375 e. The second-order valence-corrected chi connectivity index (χ2v) is 9.66. The van der Waals surface area contributed by atoms with Crippen LogP contribution >= 0.6 is 11.6 Å². The lowest BCUT2D eigenvalue weighted by Crippen LogP contribution is -2.65. The Kier molecular flexibility index (Phi) is 7.32. The summed E-state index contributed by atoms with van der Waals surface area (Å²) in [6.45, 7) is 3.27. The first-order chi connectivity index (χ1) is 14.1. The van der Waals surface area contributed by atoms with Crippen molar-refractivity contribution in [1.29, 1.82) is 0 Å². The van der Waals surface area contributed by atoms with E-state index in [1.807, 2.05) is 4.90 Å². The number of piperazine rings is 1. The number of carbonyl (C=O) groups excluding carboxylic acids is 2. The molecule has 4 rings (SSSR count). The summed E-state index contributed by atoms with van der Waals surface area (Å²) in [6, 6.07) is -0.135. The number of rotatable bonds is 5. The molecule has 2 saturated carbocycles. The highest BCUT2D eigenvalue weighted by molar-refractivity contribution is 6.31. The summed E-state index contributed by atoms with van der Waals surface area (Å²) in [6.07, 6.45) is 12.0.